The van der Waals surface area contributed by atoms with Crippen molar-refractivity contribution in [2.45, 2.75) is 23.6 Å². The monoisotopic (exact) mass is 447 g/mol. The van der Waals surface area contributed by atoms with Gasteiger partial charge in [-0.25, -0.2) is 0 Å². The minimum atomic E-state index is -1.45. The molecule has 6 nitrogen and oxygen atoms in total. The van der Waals surface area contributed by atoms with Crippen LogP contribution in [-0.2, 0) is 16.0 Å². The predicted molar refractivity (Wildman–Crippen MR) is 127 cm³/mol. The summed E-state index contributed by atoms with van der Waals surface area (Å²) >= 11 is -1.45. The van der Waals surface area contributed by atoms with Crippen LogP contribution in [0.5, 0.6) is 0 Å². The number of anilines is 1. The summed E-state index contributed by atoms with van der Waals surface area (Å²) in [7, 11) is 0. The number of benzene rings is 2. The number of nitrogens with zero attached hydrogens (tertiary/aromatic N) is 1. The van der Waals surface area contributed by atoms with E-state index in [2.05, 4.69) is 15.6 Å². The number of amides is 2. The molecule has 0 spiro atoms. The van der Waals surface area contributed by atoms with Gasteiger partial charge < -0.3 is 15.2 Å². The molecule has 0 radical (unpaired) electrons. The van der Waals surface area contributed by atoms with Crippen molar-refractivity contribution in [2.75, 3.05) is 11.9 Å². The van der Waals surface area contributed by atoms with Gasteiger partial charge in [-0.05, 0) is 60.0 Å². The summed E-state index contributed by atoms with van der Waals surface area (Å²) in [5.74, 6) is -0.112. The first-order valence-electron chi connectivity index (χ1n) is 10.2. The number of carbonyl (C=O) groups excluding carboxylic acids is 2. The molecule has 0 fully saturated rings. The van der Waals surface area contributed by atoms with Crippen LogP contribution < -0.4 is 10.6 Å². The van der Waals surface area contributed by atoms with E-state index in [1.165, 1.54) is 6.08 Å². The van der Waals surface area contributed by atoms with Crippen LogP contribution in [0, 0.1) is 5.92 Å². The number of hydrogen-bond acceptors (Lipinski definition) is 4. The van der Waals surface area contributed by atoms with Gasteiger partial charge in [0.2, 0.25) is 5.91 Å². The Bertz CT molecular complexity index is 1080. The van der Waals surface area contributed by atoms with Crippen LogP contribution in [0.3, 0.4) is 0 Å². The maximum absolute atomic E-state index is 13.0. The van der Waals surface area contributed by atoms with Crippen LogP contribution >= 0.6 is 0 Å². The molecule has 1 heterocycles. The van der Waals surface area contributed by atoms with Crippen LogP contribution in [0.2, 0.25) is 0 Å². The second-order valence-electron chi connectivity index (χ2n) is 7.53. The fourth-order valence-corrected chi connectivity index (χ4v) is 3.87. The second kappa shape index (κ2) is 11.3. The van der Waals surface area contributed by atoms with Crippen LogP contribution in [0.15, 0.2) is 88.9 Å². The molecule has 0 aliphatic heterocycles. The lowest BCUT2D eigenvalue weighted by Crippen LogP contribution is -2.27. The van der Waals surface area contributed by atoms with E-state index in [0.29, 0.717) is 33.5 Å². The van der Waals surface area contributed by atoms with Crippen LogP contribution in [0.1, 0.15) is 29.8 Å². The van der Waals surface area contributed by atoms with E-state index in [1.807, 2.05) is 19.9 Å². The van der Waals surface area contributed by atoms with E-state index in [0.717, 1.165) is 5.56 Å². The normalized spacial score (nSPS) is 12.0. The zero-order valence-corrected chi connectivity index (χ0v) is 18.8. The molecule has 1 atom stereocenters. The maximum Gasteiger partial charge on any atom is 0.251 e. The van der Waals surface area contributed by atoms with Gasteiger partial charge in [-0.1, -0.05) is 26.0 Å². The Balaban J connectivity index is 1.63. The molecule has 2 aromatic carbocycles. The molecule has 7 heteroatoms. The predicted octanol–water partition coefficient (Wildman–Crippen LogP) is 4.29. The molecule has 0 aliphatic rings. The summed E-state index contributed by atoms with van der Waals surface area (Å²) in [5, 5.41) is 5.63. The molecular weight excluding hydrogens is 422 g/mol. The van der Waals surface area contributed by atoms with Gasteiger partial charge >= 0.3 is 0 Å². The fourth-order valence-electron chi connectivity index (χ4n) is 2.78. The van der Waals surface area contributed by atoms with Crippen molar-refractivity contribution >= 4 is 34.8 Å². The van der Waals surface area contributed by atoms with Crippen molar-refractivity contribution in [2.24, 2.45) is 5.92 Å². The van der Waals surface area contributed by atoms with Crippen molar-refractivity contribution in [3.63, 3.8) is 0 Å². The first-order valence-corrected chi connectivity index (χ1v) is 11.4. The number of carbonyl (C=O) groups is 2. The molecule has 0 bridgehead atoms. The lowest BCUT2D eigenvalue weighted by molar-refractivity contribution is -0.111. The molecule has 0 aliphatic carbocycles. The first kappa shape index (κ1) is 23.2. The largest absolute Gasteiger partial charge is 0.606 e. The van der Waals surface area contributed by atoms with E-state index in [-0.39, 0.29) is 11.8 Å². The van der Waals surface area contributed by atoms with Gasteiger partial charge in [0.15, 0.2) is 9.79 Å². The van der Waals surface area contributed by atoms with Gasteiger partial charge in [-0.3, -0.25) is 14.6 Å². The average Bonchev–Trinajstić information content (AvgIpc) is 2.82. The number of rotatable bonds is 8. The molecule has 2 N–H and O–H groups in total. The van der Waals surface area contributed by atoms with Crippen LogP contribution in [-0.4, -0.2) is 27.9 Å². The van der Waals surface area contributed by atoms with Gasteiger partial charge in [-0.15, -0.1) is 0 Å². The van der Waals surface area contributed by atoms with Crippen LogP contribution in [0.4, 0.5) is 5.69 Å². The highest BCUT2D eigenvalue weighted by molar-refractivity contribution is 7.91. The Kier molecular flexibility index (Phi) is 8.19. The molecule has 0 saturated carbocycles. The third-order valence-electron chi connectivity index (χ3n) is 4.43. The van der Waals surface area contributed by atoms with E-state index in [9.17, 15) is 14.1 Å². The molecule has 3 aromatic rings. The van der Waals surface area contributed by atoms with E-state index in [1.54, 1.807) is 73.1 Å². The van der Waals surface area contributed by atoms with Gasteiger partial charge in [0.05, 0.1) is 0 Å². The Morgan fingerprint density at radius 3 is 2.53 bits per heavy atom. The van der Waals surface area contributed by atoms with Gasteiger partial charge in [0.1, 0.15) is 0 Å². The highest BCUT2D eigenvalue weighted by Crippen LogP contribution is 2.23. The van der Waals surface area contributed by atoms with Gasteiger partial charge in [0.25, 0.3) is 5.91 Å². The van der Waals surface area contributed by atoms with Gasteiger partial charge in [-0.2, -0.15) is 0 Å². The Hall–Kier alpha value is -3.42. The molecule has 2 amide bonds. The smallest absolute Gasteiger partial charge is 0.251 e. The Morgan fingerprint density at radius 2 is 1.84 bits per heavy atom. The van der Waals surface area contributed by atoms with Crippen LogP contribution in [0.25, 0.3) is 6.08 Å². The molecule has 32 heavy (non-hydrogen) atoms. The summed E-state index contributed by atoms with van der Waals surface area (Å²) < 4.78 is 13.0. The summed E-state index contributed by atoms with van der Waals surface area (Å²) in [6.07, 6.45) is 6.44. The average molecular weight is 448 g/mol. The quantitative estimate of drug-likeness (QED) is 0.398. The lowest BCUT2D eigenvalue weighted by Gasteiger charge is -2.12. The van der Waals surface area contributed by atoms with Crippen molar-refractivity contribution in [1.29, 1.82) is 0 Å². The number of pyridine rings is 1. The first-order chi connectivity index (χ1) is 15.4. The van der Waals surface area contributed by atoms with Gasteiger partial charge in [0, 0.05) is 53.5 Å². The Morgan fingerprint density at radius 1 is 1.06 bits per heavy atom. The number of aromatic nitrogens is 1. The number of hydrogen-bond donors (Lipinski definition) is 2. The minimum absolute atomic E-state index is 0.185. The standard InChI is InChI=1S/C25H25N3O3S/c1-18(2)16-27-25(30)20-6-3-7-23(15-20)32(31)22-11-9-21(10-12-22)28-24(29)13-8-19-5-4-14-26-17-19/h3-15,17-18H,16H2,1-2H3,(H,27,30)(H,28,29)/b13-8+. The highest BCUT2D eigenvalue weighted by Gasteiger charge is 2.17. The second-order valence-corrected chi connectivity index (χ2v) is 9.01. The lowest BCUT2D eigenvalue weighted by atomic mass is 10.2. The molecule has 164 valence electrons. The maximum atomic E-state index is 13.0. The summed E-state index contributed by atoms with van der Waals surface area (Å²) in [4.78, 5) is 29.5. The zero-order chi connectivity index (χ0) is 22.9. The fraction of sp³-hybridized carbons (Fsp3) is 0.160. The third kappa shape index (κ3) is 6.80. The van der Waals surface area contributed by atoms with E-state index in [4.69, 9.17) is 0 Å². The Labute approximate surface area is 191 Å². The highest BCUT2D eigenvalue weighted by atomic mass is 32.2. The topological polar surface area (TPSA) is 94.1 Å². The molecular formula is C25H25N3O3S. The van der Waals surface area contributed by atoms with Crippen molar-refractivity contribution in [3.8, 4) is 0 Å². The summed E-state index contributed by atoms with van der Waals surface area (Å²) in [6, 6.07) is 17.2. The van der Waals surface area contributed by atoms with Crippen molar-refractivity contribution < 1.29 is 14.1 Å². The molecule has 3 rings (SSSR count). The summed E-state index contributed by atoms with van der Waals surface area (Å²) in [6.45, 7) is 4.63. The summed E-state index contributed by atoms with van der Waals surface area (Å²) in [5.41, 5.74) is 1.89. The zero-order valence-electron chi connectivity index (χ0n) is 17.9. The SMILES string of the molecule is CC(C)CNC(=O)c1cccc([S+]([O-])c2ccc(NC(=O)/C=C/c3cccnc3)cc2)c1. The van der Waals surface area contributed by atoms with E-state index >= 15 is 0 Å². The van der Waals surface area contributed by atoms with E-state index < -0.39 is 11.2 Å². The molecule has 0 saturated heterocycles. The molecule has 1 unspecified atom stereocenters. The van der Waals surface area contributed by atoms with Crippen molar-refractivity contribution in [1.82, 2.24) is 10.3 Å². The minimum Gasteiger partial charge on any atom is -0.606 e. The molecule has 1 aromatic heterocycles. The van der Waals surface area contributed by atoms with Crippen molar-refractivity contribution in [3.05, 3.63) is 90.3 Å². The third-order valence-corrected chi connectivity index (χ3v) is 5.81. The number of nitrogens with one attached hydrogen (secondary N) is 2.